The molecule has 1 aromatic carbocycles. The molecule has 0 heterocycles. The van der Waals surface area contributed by atoms with Gasteiger partial charge in [-0.1, -0.05) is 6.58 Å². The second-order valence-corrected chi connectivity index (χ2v) is 13.6. The second kappa shape index (κ2) is 10.5. The van der Waals surface area contributed by atoms with Crippen molar-refractivity contribution in [3.63, 3.8) is 0 Å². The van der Waals surface area contributed by atoms with Crippen molar-refractivity contribution in [3.8, 4) is 11.5 Å². The van der Waals surface area contributed by atoms with E-state index in [9.17, 15) is 31.2 Å². The standard InChI is InChI=1S/C28H33F3O9S/c1-2-26(7-3-4-8-26)38-22-12-20(5-6-21(22)39-28(29,30)31)23(32)40-27-15-18-11-19(16-27)14-25(13-18,17-27)24(33)37-9-10-41(34,35)36/h2,5-6,12,18-19H,1,3-4,7-11,13-17H2,(H,34,35,36). The van der Waals surface area contributed by atoms with E-state index in [1.807, 2.05) is 0 Å². The fourth-order valence-electron chi connectivity index (χ4n) is 7.65. The van der Waals surface area contributed by atoms with Crippen molar-refractivity contribution in [3.05, 3.63) is 36.4 Å². The smallest absolute Gasteiger partial charge is 0.479 e. The lowest BCUT2D eigenvalue weighted by atomic mass is 9.48. The van der Waals surface area contributed by atoms with E-state index in [1.54, 1.807) is 6.08 Å². The maximum absolute atomic E-state index is 13.4. The van der Waals surface area contributed by atoms with Gasteiger partial charge in [-0.15, -0.1) is 13.2 Å². The molecule has 5 saturated carbocycles. The highest BCUT2D eigenvalue weighted by molar-refractivity contribution is 7.85. The summed E-state index contributed by atoms with van der Waals surface area (Å²) in [4.78, 5) is 26.6. The van der Waals surface area contributed by atoms with Gasteiger partial charge in [-0.2, -0.15) is 8.42 Å². The number of hydrogen-bond donors (Lipinski definition) is 1. The molecule has 1 N–H and O–H groups in total. The van der Waals surface area contributed by atoms with Crippen LogP contribution in [0.2, 0.25) is 0 Å². The van der Waals surface area contributed by atoms with E-state index in [1.165, 1.54) is 12.1 Å². The second-order valence-electron chi connectivity index (χ2n) is 12.0. The summed E-state index contributed by atoms with van der Waals surface area (Å²) < 4.78 is 91.9. The van der Waals surface area contributed by atoms with Gasteiger partial charge < -0.3 is 18.9 Å². The molecule has 0 aliphatic heterocycles. The minimum atomic E-state index is -4.97. The fourth-order valence-corrected chi connectivity index (χ4v) is 7.94. The van der Waals surface area contributed by atoms with E-state index >= 15 is 0 Å². The largest absolute Gasteiger partial charge is 0.573 e. The minimum Gasteiger partial charge on any atom is -0.479 e. The highest BCUT2D eigenvalue weighted by atomic mass is 32.2. The van der Waals surface area contributed by atoms with Crippen LogP contribution in [0.1, 0.15) is 74.6 Å². The third-order valence-electron chi connectivity index (χ3n) is 8.86. The molecule has 0 amide bonds. The van der Waals surface area contributed by atoms with Gasteiger partial charge in [-0.25, -0.2) is 4.79 Å². The number of rotatable bonds is 10. The summed E-state index contributed by atoms with van der Waals surface area (Å²) in [6, 6.07) is 3.40. The van der Waals surface area contributed by atoms with Gasteiger partial charge in [0.2, 0.25) is 0 Å². The highest BCUT2D eigenvalue weighted by Gasteiger charge is 2.63. The lowest BCUT2D eigenvalue weighted by Crippen LogP contribution is -2.60. The van der Waals surface area contributed by atoms with Crippen molar-refractivity contribution in [2.45, 2.75) is 81.8 Å². The average molecular weight is 603 g/mol. The average Bonchev–Trinajstić information content (AvgIpc) is 3.31. The van der Waals surface area contributed by atoms with Gasteiger partial charge in [0.15, 0.2) is 11.5 Å². The number of benzene rings is 1. The van der Waals surface area contributed by atoms with Crippen LogP contribution < -0.4 is 9.47 Å². The molecule has 0 spiro atoms. The lowest BCUT2D eigenvalue weighted by Gasteiger charge is -2.59. The van der Waals surface area contributed by atoms with Crippen LogP contribution >= 0.6 is 0 Å². The molecule has 0 aromatic heterocycles. The number of hydrogen-bond acceptors (Lipinski definition) is 8. The molecule has 5 aliphatic rings. The Bertz CT molecular complexity index is 1300. The summed E-state index contributed by atoms with van der Waals surface area (Å²) in [7, 11) is -4.30. The Balaban J connectivity index is 1.36. The number of carbonyl (C=O) groups excluding carboxylic acids is 2. The molecule has 0 saturated heterocycles. The zero-order valence-electron chi connectivity index (χ0n) is 22.4. The molecule has 5 fully saturated rings. The van der Waals surface area contributed by atoms with Crippen LogP contribution in [0.5, 0.6) is 11.5 Å². The van der Waals surface area contributed by atoms with E-state index in [-0.39, 0.29) is 29.6 Å². The van der Waals surface area contributed by atoms with Crippen LogP contribution in [0.3, 0.4) is 0 Å². The Morgan fingerprint density at radius 3 is 2.32 bits per heavy atom. The van der Waals surface area contributed by atoms with E-state index in [0.29, 0.717) is 38.5 Å². The summed E-state index contributed by atoms with van der Waals surface area (Å²) in [5.74, 6) is -2.70. The first kappa shape index (κ1) is 29.7. The van der Waals surface area contributed by atoms with Crippen molar-refractivity contribution >= 4 is 22.1 Å². The molecule has 0 radical (unpaired) electrons. The quantitative estimate of drug-likeness (QED) is 0.213. The first-order chi connectivity index (χ1) is 19.1. The van der Waals surface area contributed by atoms with E-state index in [4.69, 9.17) is 18.8 Å². The fraction of sp³-hybridized carbons (Fsp3) is 0.643. The molecule has 2 atom stereocenters. The van der Waals surface area contributed by atoms with Crippen LogP contribution in [0.4, 0.5) is 13.2 Å². The maximum Gasteiger partial charge on any atom is 0.573 e. The third kappa shape index (κ3) is 6.50. The van der Waals surface area contributed by atoms with Gasteiger partial charge >= 0.3 is 18.3 Å². The molecular weight excluding hydrogens is 569 g/mol. The Labute approximate surface area is 236 Å². The van der Waals surface area contributed by atoms with Crippen molar-refractivity contribution < 1.29 is 54.7 Å². The van der Waals surface area contributed by atoms with Gasteiger partial charge in [0.1, 0.15) is 23.6 Å². The van der Waals surface area contributed by atoms with Gasteiger partial charge in [0.05, 0.1) is 11.0 Å². The molecule has 9 nitrogen and oxygen atoms in total. The Morgan fingerprint density at radius 2 is 1.73 bits per heavy atom. The van der Waals surface area contributed by atoms with Gasteiger partial charge in [0.25, 0.3) is 10.1 Å². The van der Waals surface area contributed by atoms with Gasteiger partial charge in [-0.3, -0.25) is 9.35 Å². The summed E-state index contributed by atoms with van der Waals surface area (Å²) in [5, 5.41) is 0. The SMILES string of the molecule is C=CC1(Oc2cc(C(=O)OC34CC5CC(C3)CC(C(=O)OCCS(=O)(=O)O)(C5)C4)ccc2OC(F)(F)F)CCCC1. The predicted molar refractivity (Wildman–Crippen MR) is 138 cm³/mol. The van der Waals surface area contributed by atoms with Gasteiger partial charge in [0, 0.05) is 6.42 Å². The van der Waals surface area contributed by atoms with Crippen LogP contribution in [0.15, 0.2) is 30.9 Å². The van der Waals surface area contributed by atoms with Crippen LogP contribution in [-0.2, 0) is 24.4 Å². The number of alkyl halides is 3. The molecule has 13 heteroatoms. The monoisotopic (exact) mass is 602 g/mol. The minimum absolute atomic E-state index is 0.0211. The summed E-state index contributed by atoms with van der Waals surface area (Å²) >= 11 is 0. The topological polar surface area (TPSA) is 125 Å². The van der Waals surface area contributed by atoms with Crippen LogP contribution in [0, 0.1) is 17.3 Å². The molecule has 41 heavy (non-hydrogen) atoms. The zero-order valence-corrected chi connectivity index (χ0v) is 23.2. The van der Waals surface area contributed by atoms with E-state index in [0.717, 1.165) is 25.3 Å². The first-order valence-electron chi connectivity index (χ1n) is 13.7. The van der Waals surface area contributed by atoms with Crippen molar-refractivity contribution in [1.29, 1.82) is 0 Å². The number of esters is 2. The van der Waals surface area contributed by atoms with Gasteiger partial charge in [-0.05, 0) is 93.9 Å². The Morgan fingerprint density at radius 1 is 1.07 bits per heavy atom. The molecule has 4 bridgehead atoms. The molecule has 5 aliphatic carbocycles. The zero-order chi connectivity index (χ0) is 29.7. The predicted octanol–water partition coefficient (Wildman–Crippen LogP) is 5.39. The lowest BCUT2D eigenvalue weighted by molar-refractivity contribution is -0.275. The summed E-state index contributed by atoms with van der Waals surface area (Å²) in [6.45, 7) is 3.30. The number of carbonyl (C=O) groups is 2. The normalized spacial score (nSPS) is 30.0. The molecule has 1 aromatic rings. The summed E-state index contributed by atoms with van der Waals surface area (Å²) in [5.41, 5.74) is -2.82. The van der Waals surface area contributed by atoms with Crippen LogP contribution in [-0.4, -0.2) is 54.8 Å². The number of ether oxygens (including phenoxy) is 4. The molecule has 6 rings (SSSR count). The Kier molecular flexibility index (Phi) is 7.59. The van der Waals surface area contributed by atoms with Crippen LogP contribution in [0.25, 0.3) is 0 Å². The first-order valence-corrected chi connectivity index (χ1v) is 15.3. The van der Waals surface area contributed by atoms with Crippen molar-refractivity contribution in [1.82, 2.24) is 0 Å². The Hall–Kier alpha value is -2.80. The van der Waals surface area contributed by atoms with Crippen molar-refractivity contribution in [2.75, 3.05) is 12.4 Å². The maximum atomic E-state index is 13.4. The summed E-state index contributed by atoms with van der Waals surface area (Å²) in [6.07, 6.45) is 2.52. The van der Waals surface area contributed by atoms with E-state index in [2.05, 4.69) is 11.3 Å². The number of halogens is 3. The highest BCUT2D eigenvalue weighted by Crippen LogP contribution is 2.63. The third-order valence-corrected chi connectivity index (χ3v) is 9.55. The molecule has 2 unspecified atom stereocenters. The molecular formula is C28H33F3O9S. The van der Waals surface area contributed by atoms with Crippen molar-refractivity contribution in [2.24, 2.45) is 17.3 Å². The van der Waals surface area contributed by atoms with E-state index < -0.39 is 63.1 Å². The molecule has 226 valence electrons.